The van der Waals surface area contributed by atoms with Gasteiger partial charge in [0.2, 0.25) is 0 Å². The number of benzene rings is 1. The van der Waals surface area contributed by atoms with Crippen molar-refractivity contribution in [3.05, 3.63) is 23.8 Å². The largest absolute Gasteiger partial charge is 0.494 e. The Hall–Kier alpha value is -1.42. The van der Waals surface area contributed by atoms with Crippen LogP contribution in [0.3, 0.4) is 0 Å². The summed E-state index contributed by atoms with van der Waals surface area (Å²) in [5.74, 6) is 1.57. The van der Waals surface area contributed by atoms with E-state index in [2.05, 4.69) is 5.32 Å². The first kappa shape index (κ1) is 14.0. The van der Waals surface area contributed by atoms with Crippen LogP contribution in [-0.4, -0.2) is 18.6 Å². The highest BCUT2D eigenvalue weighted by Gasteiger charge is 2.29. The Labute approximate surface area is 118 Å². The first-order valence-corrected chi connectivity index (χ1v) is 6.95. The van der Waals surface area contributed by atoms with Crippen LogP contribution in [0.1, 0.15) is 31.9 Å². The second-order valence-corrected chi connectivity index (χ2v) is 5.21. The van der Waals surface area contributed by atoms with Gasteiger partial charge in [0.05, 0.1) is 12.3 Å². The van der Waals surface area contributed by atoms with Crippen LogP contribution in [0.5, 0.6) is 5.75 Å². The van der Waals surface area contributed by atoms with E-state index < -0.39 is 6.09 Å². The average Bonchev–Trinajstić information content (AvgIpc) is 2.38. The molecule has 1 aliphatic rings. The highest BCUT2D eigenvalue weighted by molar-refractivity contribution is 6.17. The molecule has 0 bridgehead atoms. The smallest absolute Gasteiger partial charge is 0.412 e. The van der Waals surface area contributed by atoms with Gasteiger partial charge in [-0.1, -0.05) is 13.8 Å². The summed E-state index contributed by atoms with van der Waals surface area (Å²) in [5.41, 5.74) is 1.75. The molecular formula is C14H18ClNO3. The number of hydrogen-bond acceptors (Lipinski definition) is 3. The number of ether oxygens (including phenoxy) is 2. The fourth-order valence-corrected chi connectivity index (χ4v) is 2.15. The number of nitrogens with one attached hydrogen (secondary N) is 1. The lowest BCUT2D eigenvalue weighted by atomic mass is 9.96. The lowest BCUT2D eigenvalue weighted by Crippen LogP contribution is -2.27. The second kappa shape index (κ2) is 6.15. The van der Waals surface area contributed by atoms with Crippen molar-refractivity contribution in [3.8, 4) is 5.75 Å². The van der Waals surface area contributed by atoms with Gasteiger partial charge in [0.25, 0.3) is 0 Å². The van der Waals surface area contributed by atoms with Crippen molar-refractivity contribution in [3.63, 3.8) is 0 Å². The lowest BCUT2D eigenvalue weighted by Gasteiger charge is -2.29. The Morgan fingerprint density at radius 3 is 2.95 bits per heavy atom. The van der Waals surface area contributed by atoms with Gasteiger partial charge in [-0.3, -0.25) is 5.32 Å². The molecule has 1 heterocycles. The van der Waals surface area contributed by atoms with Gasteiger partial charge in [-0.25, -0.2) is 4.79 Å². The summed E-state index contributed by atoms with van der Waals surface area (Å²) in [6.07, 6.45) is 0.168. The number of rotatable bonds is 5. The van der Waals surface area contributed by atoms with E-state index >= 15 is 0 Å². The van der Waals surface area contributed by atoms with Gasteiger partial charge in [-0.05, 0) is 30.5 Å². The molecule has 4 nitrogen and oxygen atoms in total. The minimum absolute atomic E-state index is 0.211. The van der Waals surface area contributed by atoms with E-state index in [-0.39, 0.29) is 12.0 Å². The van der Waals surface area contributed by atoms with Crippen molar-refractivity contribution in [1.29, 1.82) is 0 Å². The maximum absolute atomic E-state index is 11.5. The van der Waals surface area contributed by atoms with Crippen LogP contribution in [0.15, 0.2) is 18.2 Å². The maximum Gasteiger partial charge on any atom is 0.412 e. The van der Waals surface area contributed by atoms with Crippen LogP contribution in [0.4, 0.5) is 10.5 Å². The summed E-state index contributed by atoms with van der Waals surface area (Å²) in [6.45, 7) is 4.63. The minimum atomic E-state index is -0.401. The molecule has 1 N–H and O–H groups in total. The zero-order valence-corrected chi connectivity index (χ0v) is 11.9. The molecule has 104 valence electrons. The van der Waals surface area contributed by atoms with Crippen molar-refractivity contribution >= 4 is 23.4 Å². The highest BCUT2D eigenvalue weighted by atomic mass is 35.5. The number of amides is 1. The van der Waals surface area contributed by atoms with Gasteiger partial charge in [0.15, 0.2) is 0 Å². The average molecular weight is 284 g/mol. The SMILES string of the molecule is CC(C)C1OC(=O)Nc2ccc(OCCCCl)cc21. The third kappa shape index (κ3) is 3.32. The van der Waals surface area contributed by atoms with Crippen LogP contribution in [0.2, 0.25) is 0 Å². The zero-order chi connectivity index (χ0) is 13.8. The van der Waals surface area contributed by atoms with Crippen molar-refractivity contribution in [2.24, 2.45) is 5.92 Å². The van der Waals surface area contributed by atoms with Gasteiger partial charge in [0.1, 0.15) is 11.9 Å². The number of fused-ring (bicyclic) bond motifs is 1. The number of hydrogen-bond donors (Lipinski definition) is 1. The highest BCUT2D eigenvalue weighted by Crippen LogP contribution is 2.37. The maximum atomic E-state index is 11.5. The first-order chi connectivity index (χ1) is 9.11. The van der Waals surface area contributed by atoms with E-state index in [1.54, 1.807) is 0 Å². The van der Waals surface area contributed by atoms with Crippen molar-refractivity contribution < 1.29 is 14.3 Å². The molecule has 0 fully saturated rings. The number of carbonyl (C=O) groups is 1. The molecule has 1 aromatic carbocycles. The molecule has 1 aromatic rings. The Bertz CT molecular complexity index is 462. The molecule has 0 aliphatic carbocycles. The fourth-order valence-electron chi connectivity index (χ4n) is 2.04. The number of carbonyl (C=O) groups excluding carboxylic acids is 1. The van der Waals surface area contributed by atoms with Gasteiger partial charge >= 0.3 is 6.09 Å². The van der Waals surface area contributed by atoms with E-state index in [0.29, 0.717) is 12.5 Å². The molecule has 0 saturated carbocycles. The molecule has 1 atom stereocenters. The first-order valence-electron chi connectivity index (χ1n) is 6.42. The van der Waals surface area contributed by atoms with Gasteiger partial charge in [-0.2, -0.15) is 0 Å². The molecule has 1 amide bonds. The van der Waals surface area contributed by atoms with Gasteiger partial charge in [0, 0.05) is 11.4 Å². The quantitative estimate of drug-likeness (QED) is 0.657. The second-order valence-electron chi connectivity index (χ2n) is 4.83. The van der Waals surface area contributed by atoms with Crippen LogP contribution in [-0.2, 0) is 4.74 Å². The summed E-state index contributed by atoms with van der Waals surface area (Å²) in [5, 5.41) is 2.70. The topological polar surface area (TPSA) is 47.6 Å². The molecule has 0 radical (unpaired) electrons. The number of alkyl halides is 1. The number of cyclic esters (lactones) is 1. The molecule has 0 spiro atoms. The van der Waals surface area contributed by atoms with Gasteiger partial charge in [-0.15, -0.1) is 11.6 Å². The normalized spacial score (nSPS) is 17.7. The molecule has 19 heavy (non-hydrogen) atoms. The molecule has 0 aromatic heterocycles. The molecule has 1 unspecified atom stereocenters. The molecular weight excluding hydrogens is 266 g/mol. The Morgan fingerprint density at radius 1 is 1.47 bits per heavy atom. The number of halogens is 1. The van der Waals surface area contributed by atoms with Crippen LogP contribution >= 0.6 is 11.6 Å². The Balaban J connectivity index is 2.21. The van der Waals surface area contributed by atoms with E-state index in [0.717, 1.165) is 23.4 Å². The van der Waals surface area contributed by atoms with Crippen LogP contribution in [0.25, 0.3) is 0 Å². The van der Waals surface area contributed by atoms with Crippen molar-refractivity contribution in [1.82, 2.24) is 0 Å². The Kier molecular flexibility index (Phi) is 4.53. The lowest BCUT2D eigenvalue weighted by molar-refractivity contribution is 0.0774. The summed E-state index contributed by atoms with van der Waals surface area (Å²) >= 11 is 5.62. The minimum Gasteiger partial charge on any atom is -0.494 e. The predicted octanol–water partition coefficient (Wildman–Crippen LogP) is 3.95. The van der Waals surface area contributed by atoms with E-state index in [9.17, 15) is 4.79 Å². The summed E-state index contributed by atoms with van der Waals surface area (Å²) in [6, 6.07) is 5.62. The Morgan fingerprint density at radius 2 is 2.26 bits per heavy atom. The third-order valence-corrected chi connectivity index (χ3v) is 3.22. The van der Waals surface area contributed by atoms with Crippen LogP contribution < -0.4 is 10.1 Å². The van der Waals surface area contributed by atoms with Crippen molar-refractivity contribution in [2.45, 2.75) is 26.4 Å². The van der Waals surface area contributed by atoms with Gasteiger partial charge < -0.3 is 9.47 Å². The summed E-state index contributed by atoms with van der Waals surface area (Å²) in [7, 11) is 0. The van der Waals surface area contributed by atoms with E-state index in [1.165, 1.54) is 0 Å². The molecule has 2 rings (SSSR count). The number of anilines is 1. The zero-order valence-electron chi connectivity index (χ0n) is 11.1. The van der Waals surface area contributed by atoms with E-state index in [4.69, 9.17) is 21.1 Å². The van der Waals surface area contributed by atoms with E-state index in [1.807, 2.05) is 32.0 Å². The molecule has 0 saturated heterocycles. The van der Waals surface area contributed by atoms with Crippen molar-refractivity contribution in [2.75, 3.05) is 17.8 Å². The molecule has 5 heteroatoms. The van der Waals surface area contributed by atoms with Crippen LogP contribution in [0, 0.1) is 5.92 Å². The third-order valence-electron chi connectivity index (χ3n) is 2.95. The predicted molar refractivity (Wildman–Crippen MR) is 75.0 cm³/mol. The fraction of sp³-hybridized carbons (Fsp3) is 0.500. The standard InChI is InChI=1S/C14H18ClNO3/c1-9(2)13-11-8-10(18-7-3-6-15)4-5-12(11)16-14(17)19-13/h4-5,8-9,13H,3,6-7H2,1-2H3,(H,16,17). The molecule has 1 aliphatic heterocycles. The summed E-state index contributed by atoms with van der Waals surface area (Å²) < 4.78 is 10.9. The monoisotopic (exact) mass is 283 g/mol. The summed E-state index contributed by atoms with van der Waals surface area (Å²) in [4.78, 5) is 11.5.